The highest BCUT2D eigenvalue weighted by Gasteiger charge is 2.04. The standard InChI is InChI=1S/C11H18N2S/c1-14-10-6-4-9(5-7-10)11(13)3-2-8-12/h4-7,11H,2-3,8,12-13H2,1H3/t11-/m1/s1. The highest BCUT2D eigenvalue weighted by atomic mass is 32.2. The van der Waals surface area contributed by atoms with Crippen molar-refractivity contribution in [3.05, 3.63) is 29.8 Å². The van der Waals surface area contributed by atoms with Gasteiger partial charge in [-0.05, 0) is 43.3 Å². The number of nitrogens with two attached hydrogens (primary N) is 2. The van der Waals surface area contributed by atoms with E-state index in [1.54, 1.807) is 11.8 Å². The average molecular weight is 210 g/mol. The van der Waals surface area contributed by atoms with Crippen LogP contribution in [-0.4, -0.2) is 12.8 Å². The van der Waals surface area contributed by atoms with E-state index in [4.69, 9.17) is 11.5 Å². The maximum absolute atomic E-state index is 6.01. The molecule has 0 fully saturated rings. The van der Waals surface area contributed by atoms with Gasteiger partial charge in [0.15, 0.2) is 0 Å². The maximum Gasteiger partial charge on any atom is 0.0295 e. The molecule has 0 saturated heterocycles. The molecule has 0 aliphatic carbocycles. The fraction of sp³-hybridized carbons (Fsp3) is 0.455. The van der Waals surface area contributed by atoms with Crippen molar-refractivity contribution in [1.29, 1.82) is 0 Å². The molecular weight excluding hydrogens is 192 g/mol. The van der Waals surface area contributed by atoms with Crippen LogP contribution in [0.4, 0.5) is 0 Å². The zero-order valence-corrected chi connectivity index (χ0v) is 9.39. The zero-order valence-electron chi connectivity index (χ0n) is 8.57. The maximum atomic E-state index is 6.01. The van der Waals surface area contributed by atoms with E-state index in [0.29, 0.717) is 0 Å². The molecule has 0 spiro atoms. The fourth-order valence-electron chi connectivity index (χ4n) is 1.36. The molecule has 0 unspecified atom stereocenters. The van der Waals surface area contributed by atoms with Gasteiger partial charge in [0.25, 0.3) is 0 Å². The Kier molecular flexibility index (Phi) is 5.01. The quantitative estimate of drug-likeness (QED) is 0.732. The first-order valence-corrected chi connectivity index (χ1v) is 6.10. The molecule has 2 nitrogen and oxygen atoms in total. The van der Waals surface area contributed by atoms with Crippen LogP contribution in [0.2, 0.25) is 0 Å². The smallest absolute Gasteiger partial charge is 0.0295 e. The van der Waals surface area contributed by atoms with Crippen LogP contribution in [0.25, 0.3) is 0 Å². The summed E-state index contributed by atoms with van der Waals surface area (Å²) in [6.45, 7) is 0.719. The second-order valence-electron chi connectivity index (χ2n) is 3.31. The van der Waals surface area contributed by atoms with E-state index in [-0.39, 0.29) is 6.04 Å². The van der Waals surface area contributed by atoms with E-state index >= 15 is 0 Å². The molecule has 1 rings (SSSR count). The van der Waals surface area contributed by atoms with Gasteiger partial charge in [0.1, 0.15) is 0 Å². The average Bonchev–Trinajstić information content (AvgIpc) is 2.26. The summed E-state index contributed by atoms with van der Waals surface area (Å²) in [5.74, 6) is 0. The number of thioether (sulfide) groups is 1. The monoisotopic (exact) mass is 210 g/mol. The van der Waals surface area contributed by atoms with Gasteiger partial charge in [-0.3, -0.25) is 0 Å². The normalized spacial score (nSPS) is 12.8. The Morgan fingerprint density at radius 1 is 1.29 bits per heavy atom. The largest absolute Gasteiger partial charge is 0.330 e. The third kappa shape index (κ3) is 3.33. The Balaban J connectivity index is 2.57. The molecule has 0 bridgehead atoms. The lowest BCUT2D eigenvalue weighted by Crippen LogP contribution is -2.12. The molecule has 1 aromatic rings. The lowest BCUT2D eigenvalue weighted by Gasteiger charge is -2.11. The van der Waals surface area contributed by atoms with Crippen LogP contribution < -0.4 is 11.5 Å². The minimum absolute atomic E-state index is 0.134. The summed E-state index contributed by atoms with van der Waals surface area (Å²) >= 11 is 1.75. The SMILES string of the molecule is CSc1ccc([C@H](N)CCCN)cc1. The van der Waals surface area contributed by atoms with E-state index in [9.17, 15) is 0 Å². The summed E-state index contributed by atoms with van der Waals surface area (Å²) in [5, 5.41) is 0. The van der Waals surface area contributed by atoms with Gasteiger partial charge < -0.3 is 11.5 Å². The summed E-state index contributed by atoms with van der Waals surface area (Å²) in [5.41, 5.74) is 12.7. The molecule has 0 aliphatic rings. The highest BCUT2D eigenvalue weighted by Crippen LogP contribution is 2.20. The van der Waals surface area contributed by atoms with Crippen molar-refractivity contribution >= 4 is 11.8 Å². The summed E-state index contributed by atoms with van der Waals surface area (Å²) in [6, 6.07) is 8.57. The Hall–Kier alpha value is -0.510. The number of benzene rings is 1. The predicted octanol–water partition coefficient (Wildman–Crippen LogP) is 2.15. The summed E-state index contributed by atoms with van der Waals surface area (Å²) < 4.78 is 0. The van der Waals surface area contributed by atoms with Crippen LogP contribution in [0.1, 0.15) is 24.4 Å². The first-order chi connectivity index (χ1) is 6.77. The highest BCUT2D eigenvalue weighted by molar-refractivity contribution is 7.98. The molecule has 4 N–H and O–H groups in total. The fourth-order valence-corrected chi connectivity index (χ4v) is 1.76. The summed E-state index contributed by atoms with van der Waals surface area (Å²) in [6.07, 6.45) is 4.03. The lowest BCUT2D eigenvalue weighted by atomic mass is 10.0. The van der Waals surface area contributed by atoms with Crippen LogP contribution in [-0.2, 0) is 0 Å². The van der Waals surface area contributed by atoms with Gasteiger partial charge in [-0.25, -0.2) is 0 Å². The summed E-state index contributed by atoms with van der Waals surface area (Å²) in [7, 11) is 0. The van der Waals surface area contributed by atoms with Crippen LogP contribution in [0.5, 0.6) is 0 Å². The number of hydrogen-bond acceptors (Lipinski definition) is 3. The van der Waals surface area contributed by atoms with Gasteiger partial charge in [0.05, 0.1) is 0 Å². The van der Waals surface area contributed by atoms with E-state index < -0.39 is 0 Å². The Morgan fingerprint density at radius 2 is 1.93 bits per heavy atom. The topological polar surface area (TPSA) is 52.0 Å². The second-order valence-corrected chi connectivity index (χ2v) is 4.19. The molecule has 14 heavy (non-hydrogen) atoms. The lowest BCUT2D eigenvalue weighted by molar-refractivity contribution is 0.617. The zero-order chi connectivity index (χ0) is 10.4. The third-order valence-corrected chi connectivity index (χ3v) is 3.01. The van der Waals surface area contributed by atoms with Crippen molar-refractivity contribution in [2.24, 2.45) is 11.5 Å². The molecule has 0 saturated carbocycles. The van der Waals surface area contributed by atoms with Gasteiger partial charge in [-0.15, -0.1) is 11.8 Å². The minimum Gasteiger partial charge on any atom is -0.330 e. The first kappa shape index (κ1) is 11.6. The van der Waals surface area contributed by atoms with E-state index in [1.807, 2.05) is 0 Å². The van der Waals surface area contributed by atoms with Gasteiger partial charge in [0, 0.05) is 10.9 Å². The van der Waals surface area contributed by atoms with E-state index in [0.717, 1.165) is 19.4 Å². The molecule has 0 radical (unpaired) electrons. The molecule has 0 heterocycles. The van der Waals surface area contributed by atoms with Crippen molar-refractivity contribution in [2.75, 3.05) is 12.8 Å². The Morgan fingerprint density at radius 3 is 2.43 bits per heavy atom. The minimum atomic E-state index is 0.134. The van der Waals surface area contributed by atoms with Crippen molar-refractivity contribution < 1.29 is 0 Å². The Bertz CT molecular complexity index is 258. The first-order valence-electron chi connectivity index (χ1n) is 4.87. The number of rotatable bonds is 5. The molecule has 0 aliphatic heterocycles. The van der Waals surface area contributed by atoms with E-state index in [1.165, 1.54) is 10.5 Å². The molecule has 1 aromatic carbocycles. The van der Waals surface area contributed by atoms with Crippen LogP contribution in [0, 0.1) is 0 Å². The van der Waals surface area contributed by atoms with Gasteiger partial charge in [-0.2, -0.15) is 0 Å². The van der Waals surface area contributed by atoms with Crippen molar-refractivity contribution in [2.45, 2.75) is 23.8 Å². The summed E-state index contributed by atoms with van der Waals surface area (Å²) in [4.78, 5) is 1.28. The molecule has 78 valence electrons. The van der Waals surface area contributed by atoms with Crippen molar-refractivity contribution in [1.82, 2.24) is 0 Å². The van der Waals surface area contributed by atoms with E-state index in [2.05, 4.69) is 30.5 Å². The number of hydrogen-bond donors (Lipinski definition) is 2. The van der Waals surface area contributed by atoms with Crippen molar-refractivity contribution in [3.8, 4) is 0 Å². The van der Waals surface area contributed by atoms with Gasteiger partial charge in [-0.1, -0.05) is 12.1 Å². The second kappa shape index (κ2) is 6.06. The molecule has 0 aromatic heterocycles. The third-order valence-electron chi connectivity index (χ3n) is 2.26. The molecular formula is C11H18N2S. The molecule has 3 heteroatoms. The van der Waals surface area contributed by atoms with Crippen LogP contribution >= 0.6 is 11.8 Å². The van der Waals surface area contributed by atoms with Gasteiger partial charge >= 0.3 is 0 Å². The van der Waals surface area contributed by atoms with Crippen LogP contribution in [0.3, 0.4) is 0 Å². The molecule has 1 atom stereocenters. The molecule has 0 amide bonds. The van der Waals surface area contributed by atoms with Gasteiger partial charge in [0.2, 0.25) is 0 Å². The van der Waals surface area contributed by atoms with Crippen LogP contribution in [0.15, 0.2) is 29.2 Å². The predicted molar refractivity (Wildman–Crippen MR) is 63.4 cm³/mol. The Labute approximate surface area is 90.1 Å². The van der Waals surface area contributed by atoms with Crippen molar-refractivity contribution in [3.63, 3.8) is 0 Å².